The number of hydrazone groups is 1. The Kier molecular flexibility index (Phi) is 4.55. The van der Waals surface area contributed by atoms with Crippen molar-refractivity contribution >= 4 is 40.5 Å². The molecule has 102 valence electrons. The number of carbonyl (C=O) groups excluding carboxylic acids is 2. The van der Waals surface area contributed by atoms with Crippen molar-refractivity contribution in [2.45, 2.75) is 19.3 Å². The second-order valence-corrected chi connectivity index (χ2v) is 5.98. The molecule has 1 aromatic heterocycles. The molecule has 0 unspecified atom stereocenters. The summed E-state index contributed by atoms with van der Waals surface area (Å²) in [7, 11) is 1.56. The Morgan fingerprint density at radius 3 is 2.95 bits per heavy atom. The average molecular weight is 300 g/mol. The molecule has 0 aliphatic carbocycles. The van der Waals surface area contributed by atoms with E-state index in [1.54, 1.807) is 7.05 Å². The van der Waals surface area contributed by atoms with Crippen LogP contribution in [0.25, 0.3) is 0 Å². The molecule has 1 aliphatic rings. The summed E-state index contributed by atoms with van der Waals surface area (Å²) in [5.41, 5.74) is 0.409. The minimum absolute atomic E-state index is 0.0650. The van der Waals surface area contributed by atoms with Crippen LogP contribution < -0.4 is 5.32 Å². The first kappa shape index (κ1) is 14.0. The molecular weight excluding hydrogens is 286 g/mol. The van der Waals surface area contributed by atoms with E-state index in [4.69, 9.17) is 11.6 Å². The first-order valence-electron chi connectivity index (χ1n) is 5.92. The lowest BCUT2D eigenvalue weighted by atomic mass is 10.1. The van der Waals surface area contributed by atoms with Gasteiger partial charge in [-0.25, -0.2) is 5.01 Å². The van der Waals surface area contributed by atoms with Gasteiger partial charge in [0, 0.05) is 31.3 Å². The molecule has 0 atom stereocenters. The van der Waals surface area contributed by atoms with E-state index in [0.717, 1.165) is 15.6 Å². The Morgan fingerprint density at radius 2 is 2.32 bits per heavy atom. The quantitative estimate of drug-likeness (QED) is 0.919. The standard InChI is InChI=1S/C12H14ClN3O2S/c1-16-11(17)5-3-9(15-16)12(18)14-7-6-8-2-4-10(13)19-8/h2,4H,3,5-7H2,1H3,(H,14,18). The third kappa shape index (κ3) is 3.78. The van der Waals surface area contributed by atoms with Crippen molar-refractivity contribution in [2.24, 2.45) is 5.10 Å². The molecule has 0 fully saturated rings. The van der Waals surface area contributed by atoms with Gasteiger partial charge in [-0.3, -0.25) is 9.59 Å². The van der Waals surface area contributed by atoms with Crippen LogP contribution in [0.15, 0.2) is 17.2 Å². The fourth-order valence-corrected chi connectivity index (χ4v) is 2.81. The lowest BCUT2D eigenvalue weighted by molar-refractivity contribution is -0.130. The zero-order chi connectivity index (χ0) is 13.8. The van der Waals surface area contributed by atoms with Crippen molar-refractivity contribution in [1.82, 2.24) is 10.3 Å². The summed E-state index contributed by atoms with van der Waals surface area (Å²) in [6, 6.07) is 3.79. The summed E-state index contributed by atoms with van der Waals surface area (Å²) in [6.07, 6.45) is 1.48. The largest absolute Gasteiger partial charge is 0.351 e. The minimum atomic E-state index is -0.206. The maximum absolute atomic E-state index is 11.8. The van der Waals surface area contributed by atoms with Crippen LogP contribution in [0.2, 0.25) is 4.34 Å². The van der Waals surface area contributed by atoms with Gasteiger partial charge in [0.1, 0.15) is 5.71 Å². The second kappa shape index (κ2) is 6.16. The van der Waals surface area contributed by atoms with Gasteiger partial charge in [0.2, 0.25) is 5.91 Å². The maximum Gasteiger partial charge on any atom is 0.267 e. The summed E-state index contributed by atoms with van der Waals surface area (Å²) >= 11 is 7.33. The van der Waals surface area contributed by atoms with Gasteiger partial charge in [-0.15, -0.1) is 11.3 Å². The van der Waals surface area contributed by atoms with E-state index in [-0.39, 0.29) is 11.8 Å². The van der Waals surface area contributed by atoms with Crippen LogP contribution in [0.4, 0.5) is 0 Å². The first-order valence-corrected chi connectivity index (χ1v) is 7.12. The van der Waals surface area contributed by atoms with E-state index >= 15 is 0 Å². The molecule has 5 nitrogen and oxygen atoms in total. The summed E-state index contributed by atoms with van der Waals surface area (Å²) in [5, 5.41) is 7.98. The van der Waals surface area contributed by atoms with Crippen LogP contribution in [0.5, 0.6) is 0 Å². The highest BCUT2D eigenvalue weighted by atomic mass is 35.5. The van der Waals surface area contributed by atoms with Crippen LogP contribution in [-0.4, -0.2) is 36.1 Å². The second-order valence-electron chi connectivity index (χ2n) is 4.18. The van der Waals surface area contributed by atoms with Crippen LogP contribution >= 0.6 is 22.9 Å². The third-order valence-corrected chi connectivity index (χ3v) is 4.05. The molecule has 0 aromatic carbocycles. The topological polar surface area (TPSA) is 61.8 Å². The summed E-state index contributed by atoms with van der Waals surface area (Å²) < 4.78 is 0.748. The number of halogens is 1. The fraction of sp³-hybridized carbons (Fsp3) is 0.417. The molecule has 0 spiro atoms. The summed E-state index contributed by atoms with van der Waals surface area (Å²) in [4.78, 5) is 24.2. The number of hydrogen-bond donors (Lipinski definition) is 1. The van der Waals surface area contributed by atoms with Gasteiger partial charge in [0.25, 0.3) is 5.91 Å². The number of nitrogens with one attached hydrogen (secondary N) is 1. The fourth-order valence-electron chi connectivity index (χ4n) is 1.72. The van der Waals surface area contributed by atoms with E-state index in [1.165, 1.54) is 16.3 Å². The molecule has 0 saturated carbocycles. The van der Waals surface area contributed by atoms with Crippen LogP contribution in [0.1, 0.15) is 17.7 Å². The van der Waals surface area contributed by atoms with Gasteiger partial charge in [-0.2, -0.15) is 5.10 Å². The molecule has 2 amide bonds. The molecule has 1 aromatic rings. The average Bonchev–Trinajstić information content (AvgIpc) is 2.78. The predicted molar refractivity (Wildman–Crippen MR) is 75.5 cm³/mol. The number of amides is 2. The molecule has 1 N–H and O–H groups in total. The molecule has 0 bridgehead atoms. The lowest BCUT2D eigenvalue weighted by Crippen LogP contribution is -2.38. The summed E-state index contributed by atoms with van der Waals surface area (Å²) in [5.74, 6) is -0.271. The van der Waals surface area contributed by atoms with Crippen molar-refractivity contribution in [1.29, 1.82) is 0 Å². The number of carbonyl (C=O) groups is 2. The Labute approximate surface area is 120 Å². The van der Waals surface area contributed by atoms with Gasteiger partial charge < -0.3 is 5.32 Å². The van der Waals surface area contributed by atoms with Crippen molar-refractivity contribution in [3.8, 4) is 0 Å². The van der Waals surface area contributed by atoms with E-state index in [9.17, 15) is 9.59 Å². The number of nitrogens with zero attached hydrogens (tertiary/aromatic N) is 2. The molecule has 19 heavy (non-hydrogen) atoms. The maximum atomic E-state index is 11.8. The Morgan fingerprint density at radius 1 is 1.53 bits per heavy atom. The smallest absolute Gasteiger partial charge is 0.267 e. The molecule has 0 saturated heterocycles. The zero-order valence-corrected chi connectivity index (χ0v) is 12.1. The van der Waals surface area contributed by atoms with E-state index in [2.05, 4.69) is 10.4 Å². The van der Waals surface area contributed by atoms with Gasteiger partial charge >= 0.3 is 0 Å². The molecule has 1 aliphatic heterocycles. The SMILES string of the molecule is CN1N=C(C(=O)NCCc2ccc(Cl)s2)CCC1=O. The number of rotatable bonds is 4. The Bertz CT molecular complexity index is 527. The monoisotopic (exact) mass is 299 g/mol. The van der Waals surface area contributed by atoms with Gasteiger partial charge in [0.05, 0.1) is 4.34 Å². The van der Waals surface area contributed by atoms with E-state index < -0.39 is 0 Å². The van der Waals surface area contributed by atoms with Crippen LogP contribution in [0, 0.1) is 0 Å². The molecular formula is C12H14ClN3O2S. The first-order chi connectivity index (χ1) is 9.06. The minimum Gasteiger partial charge on any atom is -0.351 e. The predicted octanol–water partition coefficient (Wildman–Crippen LogP) is 1.67. The van der Waals surface area contributed by atoms with E-state index in [0.29, 0.717) is 25.1 Å². The molecule has 0 radical (unpaired) electrons. The summed E-state index contributed by atoms with van der Waals surface area (Å²) in [6.45, 7) is 0.534. The molecule has 2 rings (SSSR count). The Balaban J connectivity index is 1.81. The van der Waals surface area contributed by atoms with Crippen molar-refractivity contribution in [3.63, 3.8) is 0 Å². The lowest BCUT2D eigenvalue weighted by Gasteiger charge is -2.18. The highest BCUT2D eigenvalue weighted by molar-refractivity contribution is 7.16. The Hall–Kier alpha value is -1.40. The highest BCUT2D eigenvalue weighted by Gasteiger charge is 2.21. The molecule has 2 heterocycles. The number of thiophene rings is 1. The molecule has 7 heteroatoms. The van der Waals surface area contributed by atoms with Crippen LogP contribution in [0.3, 0.4) is 0 Å². The van der Waals surface area contributed by atoms with Crippen LogP contribution in [-0.2, 0) is 16.0 Å². The number of hydrogen-bond acceptors (Lipinski definition) is 4. The van der Waals surface area contributed by atoms with Crippen molar-refractivity contribution < 1.29 is 9.59 Å². The van der Waals surface area contributed by atoms with E-state index in [1.807, 2.05) is 12.1 Å². The normalized spacial score (nSPS) is 15.4. The van der Waals surface area contributed by atoms with Gasteiger partial charge in [0.15, 0.2) is 0 Å². The highest BCUT2D eigenvalue weighted by Crippen LogP contribution is 2.21. The van der Waals surface area contributed by atoms with Gasteiger partial charge in [-0.1, -0.05) is 11.6 Å². The van der Waals surface area contributed by atoms with Crippen molar-refractivity contribution in [2.75, 3.05) is 13.6 Å². The zero-order valence-electron chi connectivity index (χ0n) is 10.5. The van der Waals surface area contributed by atoms with Gasteiger partial charge in [-0.05, 0) is 18.6 Å². The van der Waals surface area contributed by atoms with Crippen molar-refractivity contribution in [3.05, 3.63) is 21.3 Å². The third-order valence-electron chi connectivity index (χ3n) is 2.76.